The fourth-order valence-corrected chi connectivity index (χ4v) is 2.47. The summed E-state index contributed by atoms with van der Waals surface area (Å²) in [5.74, 6) is -0.934. The summed E-state index contributed by atoms with van der Waals surface area (Å²) in [5.41, 5.74) is -0.298. The number of hydrogen-bond donors (Lipinski definition) is 1. The summed E-state index contributed by atoms with van der Waals surface area (Å²) in [6, 6.07) is 1.66. The van der Waals surface area contributed by atoms with Crippen LogP contribution in [0, 0.1) is 11.3 Å². The van der Waals surface area contributed by atoms with Crippen LogP contribution in [-0.4, -0.2) is 42.0 Å². The average Bonchev–Trinajstić information content (AvgIpc) is 2.69. The van der Waals surface area contributed by atoms with Crippen LogP contribution < -0.4 is 5.32 Å². The van der Waals surface area contributed by atoms with Gasteiger partial charge >= 0.3 is 0 Å². The Kier molecular flexibility index (Phi) is 5.09. The third-order valence-electron chi connectivity index (χ3n) is 2.16. The van der Waals surface area contributed by atoms with E-state index in [4.69, 9.17) is 5.26 Å². The van der Waals surface area contributed by atoms with E-state index in [1.807, 2.05) is 5.32 Å². The molecule has 0 aliphatic carbocycles. The van der Waals surface area contributed by atoms with Crippen LogP contribution in [0.25, 0.3) is 0 Å². The molecule has 0 unspecified atom stereocenters. The van der Waals surface area contributed by atoms with E-state index in [0.717, 1.165) is 11.8 Å². The Labute approximate surface area is 107 Å². The van der Waals surface area contributed by atoms with Crippen LogP contribution in [-0.2, 0) is 9.59 Å². The van der Waals surface area contributed by atoms with Gasteiger partial charge in [-0.3, -0.25) is 9.59 Å². The number of hydrogen-bond acceptors (Lipinski definition) is 4. The highest BCUT2D eigenvalue weighted by Gasteiger charge is 2.30. The van der Waals surface area contributed by atoms with Gasteiger partial charge in [-0.25, -0.2) is 8.78 Å². The van der Waals surface area contributed by atoms with E-state index in [9.17, 15) is 18.4 Å². The van der Waals surface area contributed by atoms with Crippen LogP contribution in [0.1, 0.15) is 6.92 Å². The van der Waals surface area contributed by atoms with Crippen molar-refractivity contribution in [3.63, 3.8) is 0 Å². The van der Waals surface area contributed by atoms with Crippen LogP contribution in [0.15, 0.2) is 10.6 Å². The van der Waals surface area contributed by atoms with Crippen LogP contribution >= 0.6 is 11.8 Å². The third-order valence-corrected chi connectivity index (χ3v) is 3.25. The number of amides is 2. The highest BCUT2D eigenvalue weighted by Crippen LogP contribution is 2.31. The molecule has 0 spiro atoms. The smallest absolute Gasteiger partial charge is 0.264 e. The molecule has 98 valence electrons. The van der Waals surface area contributed by atoms with Gasteiger partial charge in [0.05, 0.1) is 12.3 Å². The molecule has 18 heavy (non-hydrogen) atoms. The number of alkyl halides is 2. The zero-order chi connectivity index (χ0) is 13.7. The molecule has 1 heterocycles. The van der Waals surface area contributed by atoms with Crippen LogP contribution in [0.3, 0.4) is 0 Å². The first-order valence-corrected chi connectivity index (χ1v) is 6.13. The summed E-state index contributed by atoms with van der Waals surface area (Å²) in [6.45, 7) is 1.21. The maximum Gasteiger partial charge on any atom is 0.264 e. The minimum atomic E-state index is -2.68. The van der Waals surface area contributed by atoms with Gasteiger partial charge in [0, 0.05) is 6.54 Å². The van der Waals surface area contributed by atoms with Gasteiger partial charge < -0.3 is 10.2 Å². The highest BCUT2D eigenvalue weighted by molar-refractivity contribution is 8.04. The largest absolute Gasteiger partial charge is 0.346 e. The summed E-state index contributed by atoms with van der Waals surface area (Å²) in [4.78, 5) is 24.3. The summed E-state index contributed by atoms with van der Waals surface area (Å²) < 4.78 is 23.9. The second-order valence-electron chi connectivity index (χ2n) is 3.32. The fourth-order valence-electron chi connectivity index (χ4n) is 1.38. The number of carbonyl (C=O) groups is 2. The lowest BCUT2D eigenvalue weighted by Gasteiger charge is -2.15. The van der Waals surface area contributed by atoms with E-state index >= 15 is 0 Å². The van der Waals surface area contributed by atoms with E-state index in [1.165, 1.54) is 4.90 Å². The average molecular weight is 275 g/mol. The van der Waals surface area contributed by atoms with Crippen molar-refractivity contribution >= 4 is 23.6 Å². The molecule has 0 atom stereocenters. The molecular formula is C10H11F2N3O2S. The SMILES string of the molecule is CCN1C(=O)CSC1=C(C#N)C(=O)NCC(F)F. The minimum Gasteiger partial charge on any atom is -0.346 e. The number of rotatable bonds is 4. The molecule has 1 aliphatic rings. The molecule has 0 bridgehead atoms. The number of halogens is 2. The van der Waals surface area contributed by atoms with Gasteiger partial charge in [-0.1, -0.05) is 11.8 Å². The summed E-state index contributed by atoms with van der Waals surface area (Å²) in [7, 11) is 0. The monoisotopic (exact) mass is 275 g/mol. The van der Waals surface area contributed by atoms with Crippen LogP contribution in [0.5, 0.6) is 0 Å². The molecule has 1 N–H and O–H groups in total. The zero-order valence-electron chi connectivity index (χ0n) is 9.57. The molecule has 1 rings (SSSR count). The predicted molar refractivity (Wildman–Crippen MR) is 61.5 cm³/mol. The third kappa shape index (κ3) is 3.20. The molecule has 1 fully saturated rings. The normalized spacial score (nSPS) is 17.9. The Morgan fingerprint density at radius 3 is 2.83 bits per heavy atom. The Bertz CT molecular complexity index is 431. The standard InChI is InChI=1S/C10H11F2N3O2S/c1-2-15-8(16)5-18-10(15)6(3-13)9(17)14-4-7(11)12/h7H,2,4-5H2,1H3,(H,14,17). The summed E-state index contributed by atoms with van der Waals surface area (Å²) >= 11 is 1.06. The fraction of sp³-hybridized carbons (Fsp3) is 0.500. The molecule has 5 nitrogen and oxygen atoms in total. The van der Waals surface area contributed by atoms with Crippen molar-refractivity contribution in [1.29, 1.82) is 5.26 Å². The van der Waals surface area contributed by atoms with Crippen molar-refractivity contribution in [2.45, 2.75) is 13.3 Å². The van der Waals surface area contributed by atoms with E-state index in [-0.39, 0.29) is 22.3 Å². The number of nitrogens with one attached hydrogen (secondary N) is 1. The molecule has 0 radical (unpaired) electrons. The van der Waals surface area contributed by atoms with Crippen molar-refractivity contribution in [2.24, 2.45) is 0 Å². The van der Waals surface area contributed by atoms with E-state index in [2.05, 4.69) is 0 Å². The van der Waals surface area contributed by atoms with E-state index < -0.39 is 18.9 Å². The van der Waals surface area contributed by atoms with Crippen molar-refractivity contribution in [1.82, 2.24) is 10.2 Å². The first-order valence-electron chi connectivity index (χ1n) is 5.15. The maximum absolute atomic E-state index is 12.0. The number of thioether (sulfide) groups is 1. The van der Waals surface area contributed by atoms with Gasteiger partial charge in [0.2, 0.25) is 5.91 Å². The Balaban J connectivity index is 2.91. The van der Waals surface area contributed by atoms with Gasteiger partial charge in [0.1, 0.15) is 16.7 Å². The van der Waals surface area contributed by atoms with E-state index in [1.54, 1.807) is 13.0 Å². The van der Waals surface area contributed by atoms with Gasteiger partial charge in [-0.2, -0.15) is 5.26 Å². The van der Waals surface area contributed by atoms with Crippen molar-refractivity contribution in [3.8, 4) is 6.07 Å². The highest BCUT2D eigenvalue weighted by atomic mass is 32.2. The number of carbonyl (C=O) groups excluding carboxylic acids is 2. The Hall–Kier alpha value is -1.62. The lowest BCUT2D eigenvalue weighted by Crippen LogP contribution is -2.32. The van der Waals surface area contributed by atoms with Gasteiger partial charge in [0.15, 0.2) is 0 Å². The predicted octanol–water partition coefficient (Wildman–Crippen LogP) is 0.698. The zero-order valence-corrected chi connectivity index (χ0v) is 10.4. The summed E-state index contributed by atoms with van der Waals surface area (Å²) in [5, 5.41) is 11.1. The van der Waals surface area contributed by atoms with Crippen molar-refractivity contribution in [3.05, 3.63) is 10.6 Å². The van der Waals surface area contributed by atoms with Crippen LogP contribution in [0.4, 0.5) is 8.78 Å². The Morgan fingerprint density at radius 1 is 1.67 bits per heavy atom. The second-order valence-corrected chi connectivity index (χ2v) is 4.28. The molecule has 2 amide bonds. The molecule has 8 heteroatoms. The molecule has 0 aromatic carbocycles. The molecule has 0 aromatic rings. The number of nitriles is 1. The van der Waals surface area contributed by atoms with Crippen molar-refractivity contribution < 1.29 is 18.4 Å². The second kappa shape index (κ2) is 6.35. The first kappa shape index (κ1) is 14.4. The molecule has 0 saturated carbocycles. The topological polar surface area (TPSA) is 73.2 Å². The van der Waals surface area contributed by atoms with Crippen molar-refractivity contribution in [2.75, 3.05) is 18.8 Å². The summed E-state index contributed by atoms with van der Waals surface area (Å²) in [6.07, 6.45) is -2.68. The first-order chi connectivity index (χ1) is 8.51. The van der Waals surface area contributed by atoms with Crippen LogP contribution in [0.2, 0.25) is 0 Å². The van der Waals surface area contributed by atoms with E-state index in [0.29, 0.717) is 6.54 Å². The molecular weight excluding hydrogens is 264 g/mol. The minimum absolute atomic E-state index is 0.149. The van der Waals surface area contributed by atoms with Gasteiger partial charge in [-0.15, -0.1) is 0 Å². The number of nitrogens with zero attached hydrogens (tertiary/aromatic N) is 2. The van der Waals surface area contributed by atoms with Gasteiger partial charge in [-0.05, 0) is 6.92 Å². The molecule has 0 aromatic heterocycles. The Morgan fingerprint density at radius 2 is 2.33 bits per heavy atom. The lowest BCUT2D eigenvalue weighted by atomic mass is 10.3. The maximum atomic E-state index is 12.0. The quantitative estimate of drug-likeness (QED) is 0.605. The van der Waals surface area contributed by atoms with Gasteiger partial charge in [0.25, 0.3) is 12.3 Å². The molecule has 1 aliphatic heterocycles. The molecule has 1 saturated heterocycles. The lowest BCUT2D eigenvalue weighted by molar-refractivity contribution is -0.125.